The van der Waals surface area contributed by atoms with E-state index in [0.29, 0.717) is 18.2 Å². The van der Waals surface area contributed by atoms with Crippen LogP contribution in [0.5, 0.6) is 11.5 Å². The van der Waals surface area contributed by atoms with Crippen molar-refractivity contribution in [3.05, 3.63) is 22.2 Å². The van der Waals surface area contributed by atoms with E-state index < -0.39 is 0 Å². The predicted octanol–water partition coefficient (Wildman–Crippen LogP) is 3.22. The summed E-state index contributed by atoms with van der Waals surface area (Å²) in [4.78, 5) is 0. The molecule has 3 rings (SSSR count). The molecule has 110 valence electrons. The number of piperidine rings is 1. The summed E-state index contributed by atoms with van der Waals surface area (Å²) in [7, 11) is 0. The third kappa shape index (κ3) is 2.75. The lowest BCUT2D eigenvalue weighted by Gasteiger charge is -2.27. The van der Waals surface area contributed by atoms with Crippen LogP contribution in [0.2, 0.25) is 5.02 Å². The van der Waals surface area contributed by atoms with Gasteiger partial charge in [0.15, 0.2) is 11.5 Å². The molecule has 2 heterocycles. The molecule has 0 aromatic heterocycles. The molecule has 0 atom stereocenters. The Morgan fingerprint density at radius 2 is 1.90 bits per heavy atom. The van der Waals surface area contributed by atoms with E-state index in [0.717, 1.165) is 43.3 Å². The van der Waals surface area contributed by atoms with Crippen LogP contribution < -0.4 is 14.8 Å². The fraction of sp³-hybridized carbons (Fsp3) is 0.625. The van der Waals surface area contributed by atoms with Crippen LogP contribution in [-0.4, -0.2) is 26.3 Å². The maximum atomic E-state index is 6.38. The van der Waals surface area contributed by atoms with Crippen molar-refractivity contribution in [3.8, 4) is 11.5 Å². The molecule has 20 heavy (non-hydrogen) atoms. The van der Waals surface area contributed by atoms with Gasteiger partial charge in [-0.2, -0.15) is 0 Å². The molecular weight excluding hydrogens is 274 g/mol. The van der Waals surface area contributed by atoms with Gasteiger partial charge in [-0.3, -0.25) is 0 Å². The van der Waals surface area contributed by atoms with E-state index in [1.54, 1.807) is 0 Å². The molecule has 0 spiro atoms. The average molecular weight is 296 g/mol. The molecule has 0 amide bonds. The number of ether oxygens (including phenoxy) is 2. The van der Waals surface area contributed by atoms with E-state index in [4.69, 9.17) is 21.1 Å². The Labute approximate surface area is 125 Å². The van der Waals surface area contributed by atoms with Crippen LogP contribution in [0.1, 0.15) is 30.9 Å². The van der Waals surface area contributed by atoms with Crippen molar-refractivity contribution in [2.24, 2.45) is 5.92 Å². The summed E-state index contributed by atoms with van der Waals surface area (Å²) in [5, 5.41) is 4.11. The van der Waals surface area contributed by atoms with Gasteiger partial charge >= 0.3 is 0 Å². The number of fused-ring (bicyclic) bond motifs is 1. The van der Waals surface area contributed by atoms with Crippen LogP contribution in [0.25, 0.3) is 0 Å². The van der Waals surface area contributed by atoms with Gasteiger partial charge in [-0.15, -0.1) is 0 Å². The first-order valence-electron chi connectivity index (χ1n) is 7.60. The molecule has 1 saturated heterocycles. The van der Waals surface area contributed by atoms with Gasteiger partial charge in [0.2, 0.25) is 0 Å². The van der Waals surface area contributed by atoms with Crippen molar-refractivity contribution >= 4 is 11.6 Å². The number of hydrogen-bond acceptors (Lipinski definition) is 3. The molecular formula is C16H22ClNO2. The second-order valence-corrected chi connectivity index (χ2v) is 6.01. The van der Waals surface area contributed by atoms with Crippen LogP contribution in [0.3, 0.4) is 0 Å². The molecule has 0 saturated carbocycles. The van der Waals surface area contributed by atoms with Crippen molar-refractivity contribution in [1.29, 1.82) is 0 Å². The summed E-state index contributed by atoms with van der Waals surface area (Å²) in [6.07, 6.45) is 4.55. The lowest BCUT2D eigenvalue weighted by Crippen LogP contribution is -2.29. The molecule has 1 fully saturated rings. The zero-order valence-corrected chi connectivity index (χ0v) is 12.8. The SMILES string of the molecule is CCc1c(CC2CCNCC2)cc(Cl)c2c1OCCO2. The third-order valence-corrected chi connectivity index (χ3v) is 4.56. The summed E-state index contributed by atoms with van der Waals surface area (Å²) in [5.74, 6) is 2.37. The van der Waals surface area contributed by atoms with Crippen molar-refractivity contribution in [2.45, 2.75) is 32.6 Å². The molecule has 1 aromatic rings. The molecule has 0 radical (unpaired) electrons. The first-order chi connectivity index (χ1) is 9.79. The average Bonchev–Trinajstić information content (AvgIpc) is 2.49. The van der Waals surface area contributed by atoms with Crippen molar-refractivity contribution in [2.75, 3.05) is 26.3 Å². The smallest absolute Gasteiger partial charge is 0.180 e. The number of rotatable bonds is 3. The Bertz CT molecular complexity index is 484. The molecule has 1 aromatic carbocycles. The topological polar surface area (TPSA) is 30.5 Å². The Morgan fingerprint density at radius 1 is 1.20 bits per heavy atom. The number of hydrogen-bond donors (Lipinski definition) is 1. The summed E-state index contributed by atoms with van der Waals surface area (Å²) < 4.78 is 11.5. The summed E-state index contributed by atoms with van der Waals surface area (Å²) in [6.45, 7) is 5.64. The van der Waals surface area contributed by atoms with E-state index >= 15 is 0 Å². The molecule has 4 heteroatoms. The van der Waals surface area contributed by atoms with Gasteiger partial charge in [0.25, 0.3) is 0 Å². The van der Waals surface area contributed by atoms with Crippen molar-refractivity contribution < 1.29 is 9.47 Å². The number of halogens is 1. The first-order valence-corrected chi connectivity index (χ1v) is 7.98. The second-order valence-electron chi connectivity index (χ2n) is 5.60. The third-order valence-electron chi connectivity index (χ3n) is 4.28. The Morgan fingerprint density at radius 3 is 2.60 bits per heavy atom. The summed E-state index contributed by atoms with van der Waals surface area (Å²) in [5.41, 5.74) is 2.62. The molecule has 2 aliphatic rings. The van der Waals surface area contributed by atoms with Crippen LogP contribution >= 0.6 is 11.6 Å². The van der Waals surface area contributed by atoms with Gasteiger partial charge in [-0.25, -0.2) is 0 Å². The first kappa shape index (κ1) is 14.0. The van der Waals surface area contributed by atoms with Crippen LogP contribution in [0.15, 0.2) is 6.07 Å². The predicted molar refractivity (Wildman–Crippen MR) is 81.1 cm³/mol. The van der Waals surface area contributed by atoms with Gasteiger partial charge in [0, 0.05) is 5.56 Å². The van der Waals surface area contributed by atoms with E-state index in [-0.39, 0.29) is 0 Å². The van der Waals surface area contributed by atoms with Crippen molar-refractivity contribution in [1.82, 2.24) is 5.32 Å². The normalized spacial score (nSPS) is 19.1. The molecule has 0 unspecified atom stereocenters. The fourth-order valence-electron chi connectivity index (χ4n) is 3.24. The second kappa shape index (κ2) is 6.23. The minimum atomic E-state index is 0.587. The lowest BCUT2D eigenvalue weighted by molar-refractivity contribution is 0.170. The highest BCUT2D eigenvalue weighted by molar-refractivity contribution is 6.32. The summed E-state index contributed by atoms with van der Waals surface area (Å²) in [6, 6.07) is 2.09. The van der Waals surface area contributed by atoms with E-state index in [1.165, 1.54) is 24.0 Å². The highest BCUT2D eigenvalue weighted by atomic mass is 35.5. The largest absolute Gasteiger partial charge is 0.486 e. The lowest BCUT2D eigenvalue weighted by atomic mass is 9.88. The zero-order valence-electron chi connectivity index (χ0n) is 12.0. The minimum Gasteiger partial charge on any atom is -0.486 e. The quantitative estimate of drug-likeness (QED) is 0.929. The standard InChI is InChI=1S/C16H22ClNO2/c1-2-13-12(9-11-3-5-18-6-4-11)10-14(17)16-15(13)19-7-8-20-16/h10-11,18H,2-9H2,1H3. The van der Waals surface area contributed by atoms with Crippen LogP contribution in [0, 0.1) is 5.92 Å². The molecule has 0 bridgehead atoms. The molecule has 1 N–H and O–H groups in total. The minimum absolute atomic E-state index is 0.587. The van der Waals surface area contributed by atoms with E-state index in [1.807, 2.05) is 0 Å². The fourth-order valence-corrected chi connectivity index (χ4v) is 3.51. The van der Waals surface area contributed by atoms with Crippen LogP contribution in [0.4, 0.5) is 0 Å². The monoisotopic (exact) mass is 295 g/mol. The molecule has 2 aliphatic heterocycles. The van der Waals surface area contributed by atoms with Gasteiger partial charge in [0.1, 0.15) is 13.2 Å². The van der Waals surface area contributed by atoms with Crippen molar-refractivity contribution in [3.63, 3.8) is 0 Å². The van der Waals surface area contributed by atoms with E-state index in [2.05, 4.69) is 18.3 Å². The highest BCUT2D eigenvalue weighted by Gasteiger charge is 2.24. The Hall–Kier alpha value is -0.930. The Kier molecular flexibility index (Phi) is 4.37. The van der Waals surface area contributed by atoms with Gasteiger partial charge in [-0.1, -0.05) is 18.5 Å². The van der Waals surface area contributed by atoms with E-state index in [9.17, 15) is 0 Å². The van der Waals surface area contributed by atoms with Gasteiger partial charge in [0.05, 0.1) is 5.02 Å². The molecule has 3 nitrogen and oxygen atoms in total. The van der Waals surface area contributed by atoms with Gasteiger partial charge < -0.3 is 14.8 Å². The highest BCUT2D eigenvalue weighted by Crippen LogP contribution is 2.43. The zero-order chi connectivity index (χ0) is 13.9. The Balaban J connectivity index is 1.91. The van der Waals surface area contributed by atoms with Gasteiger partial charge in [-0.05, 0) is 56.3 Å². The number of nitrogens with one attached hydrogen (secondary N) is 1. The molecule has 0 aliphatic carbocycles. The maximum Gasteiger partial charge on any atom is 0.180 e. The summed E-state index contributed by atoms with van der Waals surface area (Å²) >= 11 is 6.38. The number of benzene rings is 1. The maximum absolute atomic E-state index is 6.38. The van der Waals surface area contributed by atoms with Crippen LogP contribution in [-0.2, 0) is 12.8 Å².